The Hall–Kier alpha value is -2.43. The minimum absolute atomic E-state index is 0.233. The lowest BCUT2D eigenvalue weighted by molar-refractivity contribution is 0.179. The zero-order valence-electron chi connectivity index (χ0n) is 17.6. The van der Waals surface area contributed by atoms with Gasteiger partial charge in [0.25, 0.3) is 0 Å². The molecule has 0 aliphatic carbocycles. The Kier molecular flexibility index (Phi) is 8.42. The Balaban J connectivity index is 2.21. The molecule has 0 aromatic heterocycles. The predicted octanol–water partition coefficient (Wildman–Crippen LogP) is 4.85. The van der Waals surface area contributed by atoms with Crippen LogP contribution in [0.25, 0.3) is 0 Å². The summed E-state index contributed by atoms with van der Waals surface area (Å²) in [5.41, 5.74) is 5.97. The topological polar surface area (TPSA) is 47.9 Å². The van der Waals surface area contributed by atoms with Crippen LogP contribution in [0.15, 0.2) is 77.1 Å². The van der Waals surface area contributed by atoms with Crippen LogP contribution in [0, 0.1) is 6.92 Å². The van der Waals surface area contributed by atoms with E-state index in [1.165, 1.54) is 5.56 Å². The lowest BCUT2D eigenvalue weighted by Gasteiger charge is -2.18. The van der Waals surface area contributed by atoms with Gasteiger partial charge in [0.2, 0.25) is 0 Å². The fraction of sp³-hybridized carbons (Fsp3) is 0.375. The van der Waals surface area contributed by atoms with Crippen LogP contribution in [0.5, 0.6) is 0 Å². The minimum atomic E-state index is -0.233. The molecule has 28 heavy (non-hydrogen) atoms. The van der Waals surface area contributed by atoms with Gasteiger partial charge < -0.3 is 10.4 Å². The van der Waals surface area contributed by atoms with Crippen LogP contribution < -0.4 is 5.32 Å². The number of aliphatic hydroxyl groups excluding tert-OH is 1. The minimum Gasteiger partial charge on any atom is -0.392 e. The molecule has 4 nitrogen and oxygen atoms in total. The number of para-hydroxylation sites is 1. The van der Waals surface area contributed by atoms with Gasteiger partial charge in [-0.3, -0.25) is 9.89 Å². The summed E-state index contributed by atoms with van der Waals surface area (Å²) in [5.74, 6) is 0. The van der Waals surface area contributed by atoms with Crippen LogP contribution in [0.4, 0.5) is 5.69 Å². The van der Waals surface area contributed by atoms with Crippen molar-refractivity contribution in [2.75, 3.05) is 25.0 Å². The van der Waals surface area contributed by atoms with Gasteiger partial charge in [-0.1, -0.05) is 49.1 Å². The Morgan fingerprint density at radius 2 is 2.07 bits per heavy atom. The summed E-state index contributed by atoms with van der Waals surface area (Å²) in [5, 5.41) is 13.2. The van der Waals surface area contributed by atoms with Crippen LogP contribution >= 0.6 is 0 Å². The first-order valence-electron chi connectivity index (χ1n) is 9.87. The van der Waals surface area contributed by atoms with E-state index in [1.807, 2.05) is 50.3 Å². The SMILES string of the molecule is C=C(Nc1ccccc1C)C(C)=N/C(CN1CCC(O)C1)=C(C)/C=C\C=C/C. The van der Waals surface area contributed by atoms with E-state index >= 15 is 0 Å². The summed E-state index contributed by atoms with van der Waals surface area (Å²) in [6.45, 7) is 14.6. The standard InChI is InChI=1S/C24H33N3O/c1-6-7-8-11-19(3)24(17-27-15-14-22(28)16-27)26-21(5)20(4)25-23-13-10-9-12-18(23)2/h6-13,22,25,28H,4,14-17H2,1-3,5H3/b7-6-,11-8-,24-19+,26-21?. The normalized spacial score (nSPS) is 19.5. The fourth-order valence-electron chi connectivity index (χ4n) is 3.06. The van der Waals surface area contributed by atoms with Gasteiger partial charge in [-0.2, -0.15) is 0 Å². The third kappa shape index (κ3) is 6.63. The molecule has 0 amide bonds. The molecule has 2 rings (SSSR count). The number of benzene rings is 1. The first-order chi connectivity index (χ1) is 13.4. The van der Waals surface area contributed by atoms with E-state index < -0.39 is 0 Å². The number of β-amino-alcohol motifs (C(OH)–C–C–N with tert-alkyl or cyclic N) is 1. The first kappa shape index (κ1) is 21.9. The highest BCUT2D eigenvalue weighted by Crippen LogP contribution is 2.19. The maximum absolute atomic E-state index is 9.84. The number of rotatable bonds is 8. The number of hydrogen-bond acceptors (Lipinski definition) is 4. The molecule has 0 spiro atoms. The van der Waals surface area contributed by atoms with Gasteiger partial charge in [-0.25, -0.2) is 0 Å². The van der Waals surface area contributed by atoms with Crippen LogP contribution in [0.2, 0.25) is 0 Å². The summed E-state index contributed by atoms with van der Waals surface area (Å²) in [6, 6.07) is 8.15. The molecule has 0 radical (unpaired) electrons. The second-order valence-corrected chi connectivity index (χ2v) is 7.31. The second kappa shape index (κ2) is 10.8. The van der Waals surface area contributed by atoms with Crippen molar-refractivity contribution in [3.05, 3.63) is 77.7 Å². The molecule has 2 N–H and O–H groups in total. The smallest absolute Gasteiger partial charge is 0.0679 e. The molecule has 1 atom stereocenters. The van der Waals surface area contributed by atoms with Gasteiger partial charge in [-0.15, -0.1) is 0 Å². The van der Waals surface area contributed by atoms with Gasteiger partial charge in [-0.05, 0) is 51.3 Å². The van der Waals surface area contributed by atoms with E-state index in [4.69, 9.17) is 4.99 Å². The number of aryl methyl sites for hydroxylation is 1. The molecule has 1 aliphatic rings. The van der Waals surface area contributed by atoms with Crippen molar-refractivity contribution in [2.24, 2.45) is 4.99 Å². The number of aliphatic imine (C=N–C) groups is 1. The van der Waals surface area contributed by atoms with E-state index in [0.29, 0.717) is 6.54 Å². The number of nitrogens with one attached hydrogen (secondary N) is 1. The lowest BCUT2D eigenvalue weighted by atomic mass is 10.1. The summed E-state index contributed by atoms with van der Waals surface area (Å²) in [4.78, 5) is 7.16. The van der Waals surface area contributed by atoms with E-state index in [2.05, 4.69) is 42.8 Å². The van der Waals surface area contributed by atoms with Crippen LogP contribution in [0.3, 0.4) is 0 Å². The molecule has 1 heterocycles. The Morgan fingerprint density at radius 1 is 1.32 bits per heavy atom. The highest BCUT2D eigenvalue weighted by molar-refractivity contribution is 6.00. The molecule has 1 unspecified atom stereocenters. The van der Waals surface area contributed by atoms with Crippen molar-refractivity contribution in [1.29, 1.82) is 0 Å². The van der Waals surface area contributed by atoms with Crippen molar-refractivity contribution in [3.63, 3.8) is 0 Å². The Labute approximate surface area is 169 Å². The van der Waals surface area contributed by atoms with E-state index in [0.717, 1.165) is 47.9 Å². The van der Waals surface area contributed by atoms with Gasteiger partial charge in [0.1, 0.15) is 0 Å². The number of aliphatic hydroxyl groups is 1. The summed E-state index contributed by atoms with van der Waals surface area (Å²) in [6.07, 6.45) is 8.71. The summed E-state index contributed by atoms with van der Waals surface area (Å²) >= 11 is 0. The van der Waals surface area contributed by atoms with Crippen LogP contribution in [-0.2, 0) is 0 Å². The Morgan fingerprint density at radius 3 is 2.71 bits per heavy atom. The van der Waals surface area contributed by atoms with Crippen molar-refractivity contribution in [2.45, 2.75) is 40.2 Å². The van der Waals surface area contributed by atoms with Gasteiger partial charge >= 0.3 is 0 Å². The number of anilines is 1. The van der Waals surface area contributed by atoms with Crippen LogP contribution in [0.1, 0.15) is 32.8 Å². The quantitative estimate of drug-likeness (QED) is 0.501. The van der Waals surface area contributed by atoms with Crippen LogP contribution in [-0.4, -0.2) is 41.5 Å². The first-order valence-corrected chi connectivity index (χ1v) is 9.87. The highest BCUT2D eigenvalue weighted by Gasteiger charge is 2.21. The zero-order valence-corrected chi connectivity index (χ0v) is 17.6. The number of hydrogen-bond donors (Lipinski definition) is 2. The summed E-state index contributed by atoms with van der Waals surface area (Å²) in [7, 11) is 0. The largest absolute Gasteiger partial charge is 0.392 e. The number of likely N-dealkylation sites (tertiary alicyclic amines) is 1. The molecule has 1 aromatic carbocycles. The van der Waals surface area contributed by atoms with Crippen molar-refractivity contribution in [3.8, 4) is 0 Å². The molecule has 1 saturated heterocycles. The van der Waals surface area contributed by atoms with Gasteiger partial charge in [0.05, 0.1) is 23.2 Å². The lowest BCUT2D eigenvalue weighted by Crippen LogP contribution is -2.25. The molecular weight excluding hydrogens is 346 g/mol. The predicted molar refractivity (Wildman–Crippen MR) is 121 cm³/mol. The molecule has 150 valence electrons. The average Bonchev–Trinajstić information content (AvgIpc) is 3.07. The molecular formula is C24H33N3O. The average molecular weight is 380 g/mol. The molecule has 0 bridgehead atoms. The fourth-order valence-corrected chi connectivity index (χ4v) is 3.06. The monoisotopic (exact) mass is 379 g/mol. The third-order valence-electron chi connectivity index (χ3n) is 4.90. The molecule has 1 aliphatic heterocycles. The molecule has 1 fully saturated rings. The molecule has 0 saturated carbocycles. The van der Waals surface area contributed by atoms with E-state index in [1.54, 1.807) is 0 Å². The number of nitrogens with zero attached hydrogens (tertiary/aromatic N) is 2. The van der Waals surface area contributed by atoms with Crippen molar-refractivity contribution < 1.29 is 5.11 Å². The van der Waals surface area contributed by atoms with Crippen molar-refractivity contribution >= 4 is 11.4 Å². The zero-order chi connectivity index (χ0) is 20.5. The second-order valence-electron chi connectivity index (χ2n) is 7.31. The maximum Gasteiger partial charge on any atom is 0.0679 e. The van der Waals surface area contributed by atoms with E-state index in [9.17, 15) is 5.11 Å². The highest BCUT2D eigenvalue weighted by atomic mass is 16.3. The Bertz CT molecular complexity index is 802. The van der Waals surface area contributed by atoms with Gasteiger partial charge in [0, 0.05) is 25.3 Å². The number of allylic oxidation sites excluding steroid dienone is 6. The maximum atomic E-state index is 9.84. The third-order valence-corrected chi connectivity index (χ3v) is 4.90. The van der Waals surface area contributed by atoms with Crippen molar-refractivity contribution in [1.82, 2.24) is 4.90 Å². The summed E-state index contributed by atoms with van der Waals surface area (Å²) < 4.78 is 0. The van der Waals surface area contributed by atoms with E-state index in [-0.39, 0.29) is 6.10 Å². The molecule has 4 heteroatoms. The van der Waals surface area contributed by atoms with Gasteiger partial charge in [0.15, 0.2) is 0 Å². The molecule has 1 aromatic rings.